The van der Waals surface area contributed by atoms with Crippen LogP contribution in [0.2, 0.25) is 0 Å². The number of carbonyl (C=O) groups excluding carboxylic acids is 3. The van der Waals surface area contributed by atoms with Gasteiger partial charge >= 0.3 is 5.97 Å². The van der Waals surface area contributed by atoms with E-state index in [-0.39, 0.29) is 53.8 Å². The number of piperidine rings is 1. The van der Waals surface area contributed by atoms with E-state index in [4.69, 9.17) is 9.72 Å². The topological polar surface area (TPSA) is 141 Å². The monoisotopic (exact) mass is 727 g/mol. The molecule has 1 aliphatic heterocycles. The fraction of sp³-hybridized carbons (Fsp3) is 0.667. The number of hydrogen-bond donors (Lipinski definition) is 3. The van der Waals surface area contributed by atoms with Gasteiger partial charge in [-0.2, -0.15) is 0 Å². The fourth-order valence-corrected chi connectivity index (χ4v) is 7.60. The maximum Gasteiger partial charge on any atom is 0.306 e. The lowest BCUT2D eigenvalue weighted by Crippen LogP contribution is -2.58. The molecule has 1 fully saturated rings. The van der Waals surface area contributed by atoms with Crippen LogP contribution in [0.25, 0.3) is 0 Å². The number of carboxylic acids is 1. The van der Waals surface area contributed by atoms with Gasteiger partial charge in [0.25, 0.3) is 5.91 Å². The summed E-state index contributed by atoms with van der Waals surface area (Å²) < 4.78 is 6.34. The van der Waals surface area contributed by atoms with Gasteiger partial charge in [-0.1, -0.05) is 84.7 Å². The Morgan fingerprint density at radius 3 is 2.37 bits per heavy atom. The van der Waals surface area contributed by atoms with E-state index in [0.717, 1.165) is 44.2 Å². The molecule has 1 saturated heterocycles. The number of nitrogens with one attached hydrogen (secondary N) is 2. The zero-order chi connectivity index (χ0) is 37.7. The van der Waals surface area contributed by atoms with E-state index in [0.29, 0.717) is 24.5 Å². The Morgan fingerprint density at radius 1 is 1.06 bits per heavy atom. The molecule has 3 N–H and O–H groups in total. The number of benzene rings is 1. The summed E-state index contributed by atoms with van der Waals surface area (Å²) in [6.45, 7) is 13.2. The van der Waals surface area contributed by atoms with Crippen molar-refractivity contribution in [1.29, 1.82) is 0 Å². The average molecular weight is 728 g/mol. The highest BCUT2D eigenvalue weighted by Crippen LogP contribution is 2.31. The van der Waals surface area contributed by atoms with Crippen LogP contribution in [0.15, 0.2) is 35.7 Å². The Kier molecular flexibility index (Phi) is 17.0. The van der Waals surface area contributed by atoms with Crippen molar-refractivity contribution in [2.75, 3.05) is 27.2 Å². The molecule has 0 radical (unpaired) electrons. The van der Waals surface area contributed by atoms with Gasteiger partial charge in [-0.25, -0.2) is 4.98 Å². The maximum absolute atomic E-state index is 14.2. The normalized spacial score (nSPS) is 18.6. The Hall–Kier alpha value is -3.35. The molecule has 2 heterocycles. The minimum Gasteiger partial charge on any atom is -0.481 e. The molecule has 0 spiro atoms. The van der Waals surface area contributed by atoms with E-state index in [2.05, 4.69) is 29.4 Å². The van der Waals surface area contributed by atoms with Gasteiger partial charge in [0.2, 0.25) is 11.8 Å². The van der Waals surface area contributed by atoms with Crippen LogP contribution in [0.4, 0.5) is 0 Å². The van der Waals surface area contributed by atoms with Crippen molar-refractivity contribution in [1.82, 2.24) is 25.4 Å². The predicted octanol–water partition coefficient (Wildman–Crippen LogP) is 5.95. The molecule has 1 aromatic heterocycles. The van der Waals surface area contributed by atoms with E-state index < -0.39 is 30.1 Å². The fourth-order valence-electron chi connectivity index (χ4n) is 6.74. The van der Waals surface area contributed by atoms with Crippen LogP contribution in [0.5, 0.6) is 0 Å². The zero-order valence-corrected chi connectivity index (χ0v) is 32.7. The van der Waals surface area contributed by atoms with Crippen LogP contribution in [-0.2, 0) is 25.5 Å². The minimum absolute atomic E-state index is 0.0537. The molecule has 2 aromatic rings. The summed E-state index contributed by atoms with van der Waals surface area (Å²) in [5, 5.41) is 18.1. The van der Waals surface area contributed by atoms with Crippen LogP contribution in [0.1, 0.15) is 114 Å². The largest absolute Gasteiger partial charge is 0.481 e. The minimum atomic E-state index is -0.910. The SMILES string of the molecule is CCCOC(CC(C(C)C)N(C)C(=O)C(NC(=O)[C@H]1CCCCN1C)C(C)CC)c1nc(C(=O)NC(Cc2ccccc2)CC(C)C(=O)O)cs1. The van der Waals surface area contributed by atoms with Gasteiger partial charge in [0.05, 0.1) is 12.0 Å². The number of likely N-dealkylation sites (N-methyl/N-ethyl adjacent to an activating group) is 2. The molecule has 12 heteroatoms. The van der Waals surface area contributed by atoms with Gasteiger partial charge in [-0.3, -0.25) is 24.1 Å². The summed E-state index contributed by atoms with van der Waals surface area (Å²) in [7, 11) is 3.78. The number of hydrogen-bond acceptors (Lipinski definition) is 8. The first kappa shape index (κ1) is 42.1. The molecule has 1 aromatic carbocycles. The van der Waals surface area contributed by atoms with Crippen molar-refractivity contribution >= 4 is 35.0 Å². The highest BCUT2D eigenvalue weighted by atomic mass is 32.1. The van der Waals surface area contributed by atoms with Crippen LogP contribution in [0.3, 0.4) is 0 Å². The number of thiazole rings is 1. The predicted molar refractivity (Wildman–Crippen MR) is 202 cm³/mol. The van der Waals surface area contributed by atoms with Crippen LogP contribution >= 0.6 is 11.3 Å². The first-order valence-corrected chi connectivity index (χ1v) is 19.6. The third-order valence-electron chi connectivity index (χ3n) is 10.2. The number of carboxylic acid groups (broad SMARTS) is 1. The number of aromatic nitrogens is 1. The van der Waals surface area contributed by atoms with Gasteiger partial charge in [-0.15, -0.1) is 11.3 Å². The molecular formula is C39H61N5O6S. The average Bonchev–Trinajstić information content (AvgIpc) is 3.60. The number of ether oxygens (including phenoxy) is 1. The molecule has 51 heavy (non-hydrogen) atoms. The number of carbonyl (C=O) groups is 4. The first-order valence-electron chi connectivity index (χ1n) is 18.7. The number of aliphatic carboxylic acids is 1. The summed E-state index contributed by atoms with van der Waals surface area (Å²) in [4.78, 5) is 61.4. The van der Waals surface area contributed by atoms with Crippen molar-refractivity contribution in [3.05, 3.63) is 52.0 Å². The highest BCUT2D eigenvalue weighted by Gasteiger charge is 2.37. The molecule has 11 nitrogen and oxygen atoms in total. The molecule has 7 atom stereocenters. The summed E-state index contributed by atoms with van der Waals surface area (Å²) in [5.74, 6) is -2.11. The van der Waals surface area contributed by atoms with Crippen molar-refractivity contribution in [3.8, 4) is 0 Å². The van der Waals surface area contributed by atoms with Crippen LogP contribution in [-0.4, -0.2) is 95.0 Å². The quantitative estimate of drug-likeness (QED) is 0.152. The van der Waals surface area contributed by atoms with Gasteiger partial charge < -0.3 is 25.4 Å². The molecule has 0 aliphatic carbocycles. The van der Waals surface area contributed by atoms with Crippen LogP contribution in [0, 0.1) is 17.8 Å². The number of nitrogens with zero attached hydrogens (tertiary/aromatic N) is 3. The molecule has 1 aliphatic rings. The smallest absolute Gasteiger partial charge is 0.306 e. The Bertz CT molecular complexity index is 1400. The summed E-state index contributed by atoms with van der Waals surface area (Å²) in [5.41, 5.74) is 1.25. The summed E-state index contributed by atoms with van der Waals surface area (Å²) in [6.07, 6.45) is 5.16. The number of amides is 3. The van der Waals surface area contributed by atoms with Gasteiger partial charge in [-0.05, 0) is 63.1 Å². The molecule has 0 saturated carbocycles. The van der Waals surface area contributed by atoms with E-state index >= 15 is 0 Å². The second-order valence-corrected chi connectivity index (χ2v) is 15.5. The second kappa shape index (κ2) is 20.6. The standard InChI is InChI=1S/C39H61N5O6S/c1-9-20-50-33(37-41-30(24-51-37)35(45)40-29(21-27(6)39(48)49)22-28-16-12-11-13-17-28)23-32(25(3)4)44(8)38(47)34(26(5)10-2)42-36(46)31-18-14-15-19-43(31)7/h11-13,16-17,24-27,29,31-34H,9-10,14-15,18-23H2,1-8H3,(H,40,45)(H,42,46)(H,48,49)/t26?,27?,29?,31-,32?,33?,34?/m1/s1. The van der Waals surface area contributed by atoms with Crippen molar-refractivity contribution in [2.45, 2.75) is 123 Å². The first-order chi connectivity index (χ1) is 24.3. The second-order valence-electron chi connectivity index (χ2n) is 14.6. The van der Waals surface area contributed by atoms with Crippen molar-refractivity contribution < 1.29 is 29.0 Å². The third kappa shape index (κ3) is 12.4. The van der Waals surface area contributed by atoms with Crippen molar-refractivity contribution in [3.63, 3.8) is 0 Å². The third-order valence-corrected chi connectivity index (χ3v) is 11.1. The lowest BCUT2D eigenvalue weighted by Gasteiger charge is -2.38. The molecule has 6 unspecified atom stereocenters. The van der Waals surface area contributed by atoms with E-state index in [1.807, 2.05) is 65.2 Å². The van der Waals surface area contributed by atoms with Crippen molar-refractivity contribution in [2.24, 2.45) is 17.8 Å². The Morgan fingerprint density at radius 2 is 1.76 bits per heavy atom. The van der Waals surface area contributed by atoms with Gasteiger partial charge in [0, 0.05) is 37.5 Å². The Balaban J connectivity index is 1.80. The summed E-state index contributed by atoms with van der Waals surface area (Å²) >= 11 is 1.34. The Labute approximate surface area is 308 Å². The molecule has 3 rings (SSSR count). The zero-order valence-electron chi connectivity index (χ0n) is 31.9. The van der Waals surface area contributed by atoms with Crippen LogP contribution < -0.4 is 10.6 Å². The molecule has 284 valence electrons. The molecular weight excluding hydrogens is 667 g/mol. The number of rotatable bonds is 20. The molecule has 0 bridgehead atoms. The maximum atomic E-state index is 14.2. The van der Waals surface area contributed by atoms with Gasteiger partial charge in [0.15, 0.2) is 0 Å². The summed E-state index contributed by atoms with van der Waals surface area (Å²) in [6, 6.07) is 8.17. The number of likely N-dealkylation sites (tertiary alicyclic amines) is 1. The lowest BCUT2D eigenvalue weighted by atomic mass is 9.92. The van der Waals surface area contributed by atoms with E-state index in [9.17, 15) is 24.3 Å². The van der Waals surface area contributed by atoms with E-state index in [1.54, 1.807) is 17.2 Å². The highest BCUT2D eigenvalue weighted by molar-refractivity contribution is 7.09. The van der Waals surface area contributed by atoms with Gasteiger partial charge in [0.1, 0.15) is 22.8 Å². The lowest BCUT2D eigenvalue weighted by molar-refractivity contribution is -0.141. The molecule has 3 amide bonds. The van der Waals surface area contributed by atoms with E-state index in [1.165, 1.54) is 11.3 Å².